The molecule has 0 bridgehead atoms. The van der Waals surface area contributed by atoms with Crippen molar-refractivity contribution >= 4 is 23.3 Å². The Kier molecular flexibility index (Phi) is 3.94. The Hall–Kier alpha value is -2.17. The summed E-state index contributed by atoms with van der Waals surface area (Å²) in [6, 6.07) is 3.94. The van der Waals surface area contributed by atoms with Crippen molar-refractivity contribution in [3.63, 3.8) is 0 Å². The summed E-state index contributed by atoms with van der Waals surface area (Å²) in [5, 5.41) is 0.531. The van der Waals surface area contributed by atoms with Crippen LogP contribution in [-0.4, -0.2) is 23.6 Å². The van der Waals surface area contributed by atoms with Gasteiger partial charge in [-0.3, -0.25) is 9.36 Å². The van der Waals surface area contributed by atoms with E-state index in [4.69, 9.17) is 4.74 Å². The number of rotatable bonds is 4. The van der Waals surface area contributed by atoms with E-state index in [1.807, 2.05) is 6.92 Å². The number of hydrogen-bond acceptors (Lipinski definition) is 3. The molecule has 0 aliphatic heterocycles. The molecular formula is C14H14FNO3. The minimum absolute atomic E-state index is 0.306. The normalized spacial score (nSPS) is 10.6. The van der Waals surface area contributed by atoms with Crippen LogP contribution in [0.3, 0.4) is 0 Å². The Morgan fingerprint density at radius 3 is 2.95 bits per heavy atom. The molecule has 0 N–H and O–H groups in total. The van der Waals surface area contributed by atoms with Crippen molar-refractivity contribution < 1.29 is 18.7 Å². The minimum atomic E-state index is -0.600. The predicted octanol–water partition coefficient (Wildman–Crippen LogP) is 3.38. The van der Waals surface area contributed by atoms with E-state index in [0.717, 1.165) is 17.4 Å². The number of ether oxygens (including phenoxy) is 1. The molecule has 0 spiro atoms. The predicted molar refractivity (Wildman–Crippen MR) is 68.9 cm³/mol. The SMILES string of the molecule is CCCCOC(=O)n1cc(C=O)c2ccc(F)cc21. The second kappa shape index (κ2) is 5.65. The third-order valence-electron chi connectivity index (χ3n) is 2.85. The fraction of sp³-hybridized carbons (Fsp3) is 0.286. The van der Waals surface area contributed by atoms with Crippen LogP contribution >= 0.6 is 0 Å². The lowest BCUT2D eigenvalue weighted by atomic mass is 10.2. The van der Waals surface area contributed by atoms with E-state index in [0.29, 0.717) is 29.4 Å². The quantitative estimate of drug-likeness (QED) is 0.627. The van der Waals surface area contributed by atoms with Gasteiger partial charge in [-0.25, -0.2) is 9.18 Å². The molecule has 2 rings (SSSR count). The van der Waals surface area contributed by atoms with Crippen LogP contribution in [0.25, 0.3) is 10.9 Å². The minimum Gasteiger partial charge on any atom is -0.449 e. The third kappa shape index (κ3) is 2.65. The lowest BCUT2D eigenvalue weighted by Gasteiger charge is -2.05. The first-order valence-electron chi connectivity index (χ1n) is 6.10. The van der Waals surface area contributed by atoms with E-state index >= 15 is 0 Å². The van der Waals surface area contributed by atoms with Crippen LogP contribution < -0.4 is 0 Å². The van der Waals surface area contributed by atoms with Gasteiger partial charge in [-0.05, 0) is 24.6 Å². The summed E-state index contributed by atoms with van der Waals surface area (Å²) in [6.45, 7) is 2.29. The van der Waals surface area contributed by atoms with Gasteiger partial charge in [-0.1, -0.05) is 13.3 Å². The van der Waals surface area contributed by atoms with Crippen molar-refractivity contribution in [2.75, 3.05) is 6.61 Å². The Morgan fingerprint density at radius 2 is 2.26 bits per heavy atom. The standard InChI is InChI=1S/C14H14FNO3/c1-2-3-6-19-14(18)16-8-10(9-17)12-5-4-11(15)7-13(12)16/h4-5,7-9H,2-3,6H2,1H3. The maximum atomic E-state index is 13.2. The highest BCUT2D eigenvalue weighted by Crippen LogP contribution is 2.21. The Balaban J connectivity index is 2.39. The van der Waals surface area contributed by atoms with Crippen LogP contribution in [0.5, 0.6) is 0 Å². The Labute approximate surface area is 109 Å². The topological polar surface area (TPSA) is 48.3 Å². The Bertz CT molecular complexity index is 618. The van der Waals surface area contributed by atoms with Crippen molar-refractivity contribution in [3.8, 4) is 0 Å². The van der Waals surface area contributed by atoms with E-state index in [2.05, 4.69) is 0 Å². The van der Waals surface area contributed by atoms with Crippen molar-refractivity contribution in [1.29, 1.82) is 0 Å². The average molecular weight is 263 g/mol. The number of carbonyl (C=O) groups is 2. The summed E-state index contributed by atoms with van der Waals surface area (Å²) in [5.41, 5.74) is 0.672. The van der Waals surface area contributed by atoms with Gasteiger partial charge in [0.15, 0.2) is 6.29 Å². The van der Waals surface area contributed by atoms with Gasteiger partial charge < -0.3 is 4.74 Å². The lowest BCUT2D eigenvalue weighted by Crippen LogP contribution is -2.13. The number of aldehydes is 1. The first-order valence-corrected chi connectivity index (χ1v) is 6.10. The average Bonchev–Trinajstić information content (AvgIpc) is 2.76. The fourth-order valence-electron chi connectivity index (χ4n) is 1.84. The number of benzene rings is 1. The molecule has 0 radical (unpaired) electrons. The number of aromatic nitrogens is 1. The molecular weight excluding hydrogens is 249 g/mol. The van der Waals surface area contributed by atoms with E-state index in [9.17, 15) is 14.0 Å². The van der Waals surface area contributed by atoms with Crippen molar-refractivity contribution in [2.24, 2.45) is 0 Å². The van der Waals surface area contributed by atoms with Crippen LogP contribution in [0, 0.1) is 5.82 Å². The molecule has 0 unspecified atom stereocenters. The summed E-state index contributed by atoms with van der Waals surface area (Å²) in [5.74, 6) is -0.467. The van der Waals surface area contributed by atoms with Crippen LogP contribution in [0.2, 0.25) is 0 Å². The molecule has 1 aromatic carbocycles. The first kappa shape index (κ1) is 13.3. The van der Waals surface area contributed by atoms with Gasteiger partial charge in [0.25, 0.3) is 0 Å². The molecule has 100 valence electrons. The lowest BCUT2D eigenvalue weighted by molar-refractivity contribution is 0.112. The molecule has 0 amide bonds. The van der Waals surface area contributed by atoms with Gasteiger partial charge in [0.2, 0.25) is 0 Å². The smallest absolute Gasteiger partial charge is 0.418 e. The van der Waals surface area contributed by atoms with Gasteiger partial charge in [-0.15, -0.1) is 0 Å². The highest BCUT2D eigenvalue weighted by atomic mass is 19.1. The van der Waals surface area contributed by atoms with E-state index in [1.54, 1.807) is 0 Å². The maximum Gasteiger partial charge on any atom is 0.418 e. The monoisotopic (exact) mass is 263 g/mol. The molecule has 0 saturated carbocycles. The number of nitrogens with zero attached hydrogens (tertiary/aromatic N) is 1. The van der Waals surface area contributed by atoms with E-state index < -0.39 is 11.9 Å². The summed E-state index contributed by atoms with van der Waals surface area (Å²) in [4.78, 5) is 22.8. The van der Waals surface area contributed by atoms with Gasteiger partial charge >= 0.3 is 6.09 Å². The maximum absolute atomic E-state index is 13.2. The molecule has 0 aliphatic carbocycles. The summed E-state index contributed by atoms with van der Waals surface area (Å²) in [7, 11) is 0. The molecule has 1 aromatic heterocycles. The van der Waals surface area contributed by atoms with Gasteiger partial charge in [-0.2, -0.15) is 0 Å². The van der Waals surface area contributed by atoms with Crippen LogP contribution in [0.15, 0.2) is 24.4 Å². The van der Waals surface area contributed by atoms with E-state index in [-0.39, 0.29) is 0 Å². The zero-order valence-electron chi connectivity index (χ0n) is 10.6. The summed E-state index contributed by atoms with van der Waals surface area (Å²) in [6.07, 6.45) is 3.08. The first-order chi connectivity index (χ1) is 9.17. The highest BCUT2D eigenvalue weighted by Gasteiger charge is 2.14. The zero-order valence-corrected chi connectivity index (χ0v) is 10.6. The second-order valence-corrected chi connectivity index (χ2v) is 4.20. The van der Waals surface area contributed by atoms with Crippen LogP contribution in [0.4, 0.5) is 9.18 Å². The van der Waals surface area contributed by atoms with Gasteiger partial charge in [0.05, 0.1) is 12.1 Å². The van der Waals surface area contributed by atoms with Crippen LogP contribution in [0.1, 0.15) is 30.1 Å². The molecule has 0 aliphatic rings. The van der Waals surface area contributed by atoms with Crippen molar-refractivity contribution in [2.45, 2.75) is 19.8 Å². The zero-order chi connectivity index (χ0) is 13.8. The second-order valence-electron chi connectivity index (χ2n) is 4.20. The molecule has 4 nitrogen and oxygen atoms in total. The van der Waals surface area contributed by atoms with Crippen LogP contribution in [-0.2, 0) is 4.74 Å². The molecule has 2 aromatic rings. The fourth-order valence-corrected chi connectivity index (χ4v) is 1.84. The van der Waals surface area contributed by atoms with Gasteiger partial charge in [0, 0.05) is 17.1 Å². The highest BCUT2D eigenvalue weighted by molar-refractivity contribution is 6.01. The number of unbranched alkanes of at least 4 members (excludes halogenated alkanes) is 1. The molecule has 5 heteroatoms. The molecule has 0 fully saturated rings. The van der Waals surface area contributed by atoms with Crippen molar-refractivity contribution in [1.82, 2.24) is 4.57 Å². The molecule has 19 heavy (non-hydrogen) atoms. The molecule has 0 saturated heterocycles. The van der Waals surface area contributed by atoms with E-state index in [1.165, 1.54) is 24.4 Å². The molecule has 0 atom stereocenters. The third-order valence-corrected chi connectivity index (χ3v) is 2.85. The Morgan fingerprint density at radius 1 is 1.47 bits per heavy atom. The largest absolute Gasteiger partial charge is 0.449 e. The number of halogens is 1. The number of carbonyl (C=O) groups excluding carboxylic acids is 2. The van der Waals surface area contributed by atoms with Crippen molar-refractivity contribution in [3.05, 3.63) is 35.8 Å². The summed E-state index contributed by atoms with van der Waals surface area (Å²) < 4.78 is 19.5. The number of fused-ring (bicyclic) bond motifs is 1. The molecule has 1 heterocycles. The van der Waals surface area contributed by atoms with Gasteiger partial charge in [0.1, 0.15) is 5.82 Å². The summed E-state index contributed by atoms with van der Waals surface area (Å²) >= 11 is 0. The number of hydrogen-bond donors (Lipinski definition) is 0.